The van der Waals surface area contributed by atoms with E-state index in [0.717, 1.165) is 24.0 Å². The lowest BCUT2D eigenvalue weighted by Gasteiger charge is -2.44. The molecule has 4 nitrogen and oxygen atoms in total. The van der Waals surface area contributed by atoms with Crippen molar-refractivity contribution in [1.82, 2.24) is 4.90 Å². The summed E-state index contributed by atoms with van der Waals surface area (Å²) < 4.78 is 5.38. The molecule has 0 bridgehead atoms. The molecule has 1 heterocycles. The predicted molar refractivity (Wildman–Crippen MR) is 78.6 cm³/mol. The van der Waals surface area contributed by atoms with Crippen LogP contribution in [0.15, 0.2) is 24.3 Å². The van der Waals surface area contributed by atoms with Crippen LogP contribution in [-0.4, -0.2) is 54.1 Å². The zero-order chi connectivity index (χ0) is 14.6. The molecule has 0 radical (unpaired) electrons. The number of aryl methyl sites for hydroxylation is 1. The Bertz CT molecular complexity index is 429. The summed E-state index contributed by atoms with van der Waals surface area (Å²) in [5.41, 5.74) is 1.81. The van der Waals surface area contributed by atoms with Crippen LogP contribution in [0.25, 0.3) is 0 Å². The van der Waals surface area contributed by atoms with E-state index in [0.29, 0.717) is 19.8 Å². The van der Waals surface area contributed by atoms with E-state index in [1.54, 1.807) is 0 Å². The molecule has 4 heteroatoms. The average molecular weight is 279 g/mol. The van der Waals surface area contributed by atoms with E-state index in [1.165, 1.54) is 0 Å². The van der Waals surface area contributed by atoms with E-state index >= 15 is 0 Å². The van der Waals surface area contributed by atoms with Crippen LogP contribution < -0.4 is 0 Å². The second-order valence-electron chi connectivity index (χ2n) is 5.81. The highest BCUT2D eigenvalue weighted by molar-refractivity contribution is 5.24. The number of ether oxygens (including phenoxy) is 1. The largest absolute Gasteiger partial charge is 0.394 e. The first-order valence-electron chi connectivity index (χ1n) is 7.22. The Kier molecular flexibility index (Phi) is 5.16. The number of aliphatic hydroxyl groups is 2. The lowest BCUT2D eigenvalue weighted by atomic mass is 9.88. The van der Waals surface area contributed by atoms with Crippen LogP contribution in [0.5, 0.6) is 0 Å². The zero-order valence-corrected chi connectivity index (χ0v) is 12.4. The van der Waals surface area contributed by atoms with Crippen molar-refractivity contribution in [3.63, 3.8) is 0 Å². The summed E-state index contributed by atoms with van der Waals surface area (Å²) in [6, 6.07) is 7.94. The third-order valence-electron chi connectivity index (χ3n) is 4.40. The van der Waals surface area contributed by atoms with Gasteiger partial charge in [0.05, 0.1) is 12.7 Å². The molecule has 2 rings (SSSR count). The van der Waals surface area contributed by atoms with E-state index in [2.05, 4.69) is 4.90 Å². The second-order valence-corrected chi connectivity index (χ2v) is 5.81. The minimum Gasteiger partial charge on any atom is -0.394 e. The van der Waals surface area contributed by atoms with Gasteiger partial charge in [0.2, 0.25) is 0 Å². The molecule has 112 valence electrons. The molecule has 0 aliphatic carbocycles. The summed E-state index contributed by atoms with van der Waals surface area (Å²) in [5, 5.41) is 20.2. The van der Waals surface area contributed by atoms with E-state index in [4.69, 9.17) is 4.74 Å². The van der Waals surface area contributed by atoms with Gasteiger partial charge < -0.3 is 14.9 Å². The van der Waals surface area contributed by atoms with Gasteiger partial charge in [-0.2, -0.15) is 0 Å². The number of benzene rings is 1. The first-order valence-corrected chi connectivity index (χ1v) is 7.22. The lowest BCUT2D eigenvalue weighted by molar-refractivity contribution is -0.0586. The monoisotopic (exact) mass is 279 g/mol. The van der Waals surface area contributed by atoms with E-state index in [1.807, 2.05) is 38.2 Å². The minimum absolute atomic E-state index is 0.105. The number of likely N-dealkylation sites (N-methyl/N-ethyl adjacent to an activating group) is 1. The molecule has 1 unspecified atom stereocenters. The molecule has 1 aliphatic rings. The highest BCUT2D eigenvalue weighted by Crippen LogP contribution is 2.28. The Morgan fingerprint density at radius 2 is 2.05 bits per heavy atom. The molecule has 2 N–H and O–H groups in total. The normalized spacial score (nSPS) is 20.1. The van der Waals surface area contributed by atoms with Crippen LogP contribution in [0.4, 0.5) is 0 Å². The topological polar surface area (TPSA) is 52.9 Å². The summed E-state index contributed by atoms with van der Waals surface area (Å²) in [6.45, 7) is 3.99. The molecule has 1 aromatic carbocycles. The molecule has 0 amide bonds. The molecule has 1 atom stereocenters. The standard InChI is InChI=1S/C16H25NO3/c1-13-4-3-5-14(10-13)15(19)11-17(2)16(12-18)6-8-20-9-7-16/h3-5,10,15,18-19H,6-9,11-12H2,1-2H3. The molecule has 20 heavy (non-hydrogen) atoms. The maximum Gasteiger partial charge on any atom is 0.0917 e. The van der Waals surface area contributed by atoms with Crippen LogP contribution in [0.3, 0.4) is 0 Å². The van der Waals surface area contributed by atoms with Crippen LogP contribution in [0.1, 0.15) is 30.1 Å². The minimum atomic E-state index is -0.536. The molecule has 0 saturated carbocycles. The van der Waals surface area contributed by atoms with Gasteiger partial charge in [-0.25, -0.2) is 0 Å². The van der Waals surface area contributed by atoms with E-state index in [9.17, 15) is 10.2 Å². The summed E-state index contributed by atoms with van der Waals surface area (Å²) in [5.74, 6) is 0. The SMILES string of the molecule is Cc1cccc(C(O)CN(C)C2(CO)CCOCC2)c1. The van der Waals surface area contributed by atoms with Crippen molar-refractivity contribution in [2.24, 2.45) is 0 Å². The summed E-state index contributed by atoms with van der Waals surface area (Å²) in [4.78, 5) is 2.09. The Morgan fingerprint density at radius 3 is 2.65 bits per heavy atom. The molecular formula is C16H25NO3. The van der Waals surface area contributed by atoms with Crippen molar-refractivity contribution in [2.75, 3.05) is 33.4 Å². The van der Waals surface area contributed by atoms with Gasteiger partial charge in [-0.15, -0.1) is 0 Å². The average Bonchev–Trinajstić information content (AvgIpc) is 2.47. The number of hydrogen-bond donors (Lipinski definition) is 2. The first kappa shape index (κ1) is 15.4. The quantitative estimate of drug-likeness (QED) is 0.857. The van der Waals surface area contributed by atoms with E-state index < -0.39 is 6.10 Å². The van der Waals surface area contributed by atoms with Gasteiger partial charge >= 0.3 is 0 Å². The van der Waals surface area contributed by atoms with Gasteiger partial charge in [-0.1, -0.05) is 29.8 Å². The van der Waals surface area contributed by atoms with Crippen molar-refractivity contribution in [2.45, 2.75) is 31.4 Å². The predicted octanol–water partition coefficient (Wildman–Crippen LogP) is 1.50. The summed E-state index contributed by atoms with van der Waals surface area (Å²) >= 11 is 0. The maximum absolute atomic E-state index is 10.4. The molecule has 1 aliphatic heterocycles. The molecular weight excluding hydrogens is 254 g/mol. The van der Waals surface area contributed by atoms with Gasteiger partial charge in [0, 0.05) is 25.3 Å². The van der Waals surface area contributed by atoms with Crippen LogP contribution in [-0.2, 0) is 4.74 Å². The van der Waals surface area contributed by atoms with Crippen molar-refractivity contribution in [3.8, 4) is 0 Å². The second kappa shape index (κ2) is 6.68. The highest BCUT2D eigenvalue weighted by Gasteiger charge is 2.36. The Balaban J connectivity index is 2.04. The first-order chi connectivity index (χ1) is 9.57. The molecule has 0 aromatic heterocycles. The Hall–Kier alpha value is -0.940. The fourth-order valence-electron chi connectivity index (χ4n) is 2.85. The fourth-order valence-corrected chi connectivity index (χ4v) is 2.85. The van der Waals surface area contributed by atoms with Crippen LogP contribution in [0.2, 0.25) is 0 Å². The maximum atomic E-state index is 10.4. The van der Waals surface area contributed by atoms with Gasteiger partial charge in [-0.3, -0.25) is 4.90 Å². The van der Waals surface area contributed by atoms with Crippen molar-refractivity contribution < 1.29 is 14.9 Å². The Morgan fingerprint density at radius 1 is 1.35 bits per heavy atom. The summed E-state index contributed by atoms with van der Waals surface area (Å²) in [7, 11) is 1.97. The van der Waals surface area contributed by atoms with Crippen molar-refractivity contribution >= 4 is 0 Å². The van der Waals surface area contributed by atoms with Crippen LogP contribution in [0, 0.1) is 6.92 Å². The smallest absolute Gasteiger partial charge is 0.0917 e. The van der Waals surface area contributed by atoms with Crippen LogP contribution >= 0.6 is 0 Å². The van der Waals surface area contributed by atoms with Crippen molar-refractivity contribution in [1.29, 1.82) is 0 Å². The number of nitrogens with zero attached hydrogens (tertiary/aromatic N) is 1. The molecule has 1 saturated heterocycles. The molecule has 1 aromatic rings. The number of aliphatic hydroxyl groups excluding tert-OH is 2. The number of β-amino-alcohol motifs (C(OH)–C–C–N with tert-alkyl or cyclic N) is 1. The van der Waals surface area contributed by atoms with Gasteiger partial charge in [0.25, 0.3) is 0 Å². The molecule has 0 spiro atoms. The third kappa shape index (κ3) is 3.38. The lowest BCUT2D eigenvalue weighted by Crippen LogP contribution is -2.54. The Labute approximate surface area is 121 Å². The highest BCUT2D eigenvalue weighted by atomic mass is 16.5. The summed E-state index contributed by atoms with van der Waals surface area (Å²) in [6.07, 6.45) is 1.08. The fraction of sp³-hybridized carbons (Fsp3) is 0.625. The third-order valence-corrected chi connectivity index (χ3v) is 4.40. The van der Waals surface area contributed by atoms with E-state index in [-0.39, 0.29) is 12.1 Å². The van der Waals surface area contributed by atoms with Gasteiger partial charge in [0.1, 0.15) is 0 Å². The molecule has 1 fully saturated rings. The zero-order valence-electron chi connectivity index (χ0n) is 12.4. The van der Waals surface area contributed by atoms with Gasteiger partial charge in [0.15, 0.2) is 0 Å². The number of rotatable bonds is 5. The number of hydrogen-bond acceptors (Lipinski definition) is 4. The van der Waals surface area contributed by atoms with Crippen molar-refractivity contribution in [3.05, 3.63) is 35.4 Å². The van der Waals surface area contributed by atoms with Gasteiger partial charge in [-0.05, 0) is 32.4 Å².